The molecule has 38 heavy (non-hydrogen) atoms. The van der Waals surface area contributed by atoms with E-state index in [4.69, 9.17) is 0 Å². The number of ketones is 1. The highest BCUT2D eigenvalue weighted by molar-refractivity contribution is 6.06. The number of nitrogens with zero attached hydrogens (tertiary/aromatic N) is 2. The fourth-order valence-corrected chi connectivity index (χ4v) is 10.2. The van der Waals surface area contributed by atoms with Crippen molar-refractivity contribution in [3.8, 4) is 0 Å². The largest absolute Gasteiger partial charge is 0.504 e. The van der Waals surface area contributed by atoms with Crippen LogP contribution in [0.3, 0.4) is 0 Å². The van der Waals surface area contributed by atoms with Crippen LogP contribution in [0.25, 0.3) is 0 Å². The van der Waals surface area contributed by atoms with Gasteiger partial charge < -0.3 is 14.9 Å². The molecule has 3 saturated carbocycles. The predicted octanol–water partition coefficient (Wildman–Crippen LogP) is 6.86. The first-order valence-electron chi connectivity index (χ1n) is 15.3. The molecule has 6 atom stereocenters. The molecule has 1 saturated heterocycles. The van der Waals surface area contributed by atoms with Gasteiger partial charge >= 0.3 is 0 Å². The monoisotopic (exact) mass is 518 g/mol. The highest BCUT2D eigenvalue weighted by Gasteiger charge is 2.66. The van der Waals surface area contributed by atoms with Gasteiger partial charge in [0, 0.05) is 43.7 Å². The Bertz CT molecular complexity index is 1180. The second-order valence-corrected chi connectivity index (χ2v) is 15.4. The minimum atomic E-state index is -0.223. The van der Waals surface area contributed by atoms with E-state index in [1.165, 1.54) is 71.2 Å². The van der Waals surface area contributed by atoms with Gasteiger partial charge in [-0.15, -0.1) is 0 Å². The topological polar surface area (TPSA) is 43.8 Å². The molecule has 1 N–H and O–H groups in total. The molecule has 4 heteroatoms. The van der Waals surface area contributed by atoms with Gasteiger partial charge in [0.25, 0.3) is 0 Å². The summed E-state index contributed by atoms with van der Waals surface area (Å²) in [5.41, 5.74) is 5.52. The van der Waals surface area contributed by atoms with E-state index >= 15 is 0 Å². The number of likely N-dealkylation sites (N-methyl/N-ethyl adjacent to an activating group) is 1. The molecule has 0 aromatic heterocycles. The Hall–Kier alpha value is -1.65. The van der Waals surface area contributed by atoms with Gasteiger partial charge in [-0.2, -0.15) is 0 Å². The molecule has 4 fully saturated rings. The first-order chi connectivity index (χ1) is 17.7. The Morgan fingerprint density at radius 1 is 0.921 bits per heavy atom. The van der Waals surface area contributed by atoms with Gasteiger partial charge in [0.1, 0.15) is 0 Å². The molecular weight excluding hydrogens is 468 g/mol. The Morgan fingerprint density at radius 3 is 2.32 bits per heavy atom. The number of hydrogen-bond acceptors (Lipinski definition) is 4. The molecule has 1 aliphatic heterocycles. The molecule has 6 aliphatic rings. The molecule has 0 spiro atoms. The first kappa shape index (κ1) is 26.6. The lowest BCUT2D eigenvalue weighted by Gasteiger charge is -2.70. The Kier molecular flexibility index (Phi) is 5.89. The zero-order chi connectivity index (χ0) is 27.3. The molecular formula is C34H50N2O2. The van der Waals surface area contributed by atoms with Crippen molar-refractivity contribution in [2.75, 3.05) is 39.8 Å². The number of fused-ring (bicyclic) bond motifs is 7. The second kappa shape index (κ2) is 8.43. The lowest BCUT2D eigenvalue weighted by atomic mass is 9.34. The van der Waals surface area contributed by atoms with Crippen LogP contribution in [0.15, 0.2) is 46.3 Å². The van der Waals surface area contributed by atoms with E-state index in [0.29, 0.717) is 16.7 Å². The van der Waals surface area contributed by atoms with Crippen molar-refractivity contribution < 1.29 is 9.90 Å². The van der Waals surface area contributed by atoms with Crippen LogP contribution in [0.1, 0.15) is 86.5 Å². The normalized spacial score (nSPS) is 45.8. The molecule has 0 amide bonds. The number of aliphatic hydroxyl groups excluding tert-OH is 1. The standard InChI is InChI=1S/C34H50N2O2/c1-23-24-8-9-27-32(4,25(24)20-26(37)29(23)38)13-15-34(6)28-21-30(2,22-36-18-16-35(7)17-19-36)10-11-31(28,3)12-14-33(27,34)5/h8-9,20,28,38H,10-19,21-22H2,1-7H3/t28-,30-,31-,32+,33-,34+/m1/s1. The number of rotatable bonds is 2. The van der Waals surface area contributed by atoms with Crippen molar-refractivity contribution >= 4 is 5.78 Å². The fourth-order valence-electron chi connectivity index (χ4n) is 10.2. The lowest BCUT2D eigenvalue weighted by molar-refractivity contribution is -0.164. The highest BCUT2D eigenvalue weighted by atomic mass is 16.3. The van der Waals surface area contributed by atoms with E-state index in [-0.39, 0.29) is 27.8 Å². The molecule has 0 unspecified atom stereocenters. The van der Waals surface area contributed by atoms with Crippen molar-refractivity contribution in [1.82, 2.24) is 9.80 Å². The molecule has 0 bridgehead atoms. The third-order valence-corrected chi connectivity index (χ3v) is 13.2. The lowest BCUT2D eigenvalue weighted by Crippen LogP contribution is -2.62. The summed E-state index contributed by atoms with van der Waals surface area (Å²) < 4.78 is 0. The van der Waals surface area contributed by atoms with E-state index in [0.717, 1.165) is 23.1 Å². The minimum Gasteiger partial charge on any atom is -0.504 e. The summed E-state index contributed by atoms with van der Waals surface area (Å²) in [5.74, 6) is 0.407. The van der Waals surface area contributed by atoms with E-state index in [1.54, 1.807) is 11.6 Å². The zero-order valence-corrected chi connectivity index (χ0v) is 25.0. The summed E-state index contributed by atoms with van der Waals surface area (Å²) in [7, 11) is 2.25. The molecule has 0 aromatic rings. The number of allylic oxidation sites excluding steroid dienone is 7. The molecule has 5 aliphatic carbocycles. The van der Waals surface area contributed by atoms with Crippen LogP contribution in [0.4, 0.5) is 0 Å². The van der Waals surface area contributed by atoms with Crippen LogP contribution in [-0.2, 0) is 4.79 Å². The Labute approximate surface area is 230 Å². The molecule has 208 valence electrons. The summed E-state index contributed by atoms with van der Waals surface area (Å²) in [4.78, 5) is 18.0. The van der Waals surface area contributed by atoms with E-state index in [1.807, 2.05) is 6.92 Å². The van der Waals surface area contributed by atoms with Crippen molar-refractivity contribution in [1.29, 1.82) is 0 Å². The van der Waals surface area contributed by atoms with E-state index < -0.39 is 0 Å². The average Bonchev–Trinajstić information content (AvgIpc) is 2.87. The maximum atomic E-state index is 12.7. The molecule has 0 aromatic carbocycles. The number of aliphatic hydroxyl groups is 1. The first-order valence-corrected chi connectivity index (χ1v) is 15.3. The maximum absolute atomic E-state index is 12.7. The van der Waals surface area contributed by atoms with Gasteiger partial charge in [-0.05, 0) is 104 Å². The number of hydrogen-bond donors (Lipinski definition) is 1. The van der Waals surface area contributed by atoms with Crippen molar-refractivity contribution in [3.63, 3.8) is 0 Å². The van der Waals surface area contributed by atoms with Crippen LogP contribution in [0, 0.1) is 33.0 Å². The number of carbonyl (C=O) groups is 1. The van der Waals surface area contributed by atoms with E-state index in [9.17, 15) is 9.90 Å². The van der Waals surface area contributed by atoms with E-state index in [2.05, 4.69) is 63.6 Å². The Morgan fingerprint density at radius 2 is 1.61 bits per heavy atom. The van der Waals surface area contributed by atoms with Crippen molar-refractivity contribution in [2.24, 2.45) is 33.0 Å². The van der Waals surface area contributed by atoms with Crippen LogP contribution in [0.2, 0.25) is 0 Å². The highest BCUT2D eigenvalue weighted by Crippen LogP contribution is 2.75. The van der Waals surface area contributed by atoms with Gasteiger partial charge in [0.05, 0.1) is 0 Å². The van der Waals surface area contributed by atoms with Gasteiger partial charge in [0.2, 0.25) is 5.78 Å². The molecule has 4 nitrogen and oxygen atoms in total. The van der Waals surface area contributed by atoms with Crippen molar-refractivity contribution in [2.45, 2.75) is 86.5 Å². The summed E-state index contributed by atoms with van der Waals surface area (Å²) in [6.07, 6.45) is 15.3. The summed E-state index contributed by atoms with van der Waals surface area (Å²) >= 11 is 0. The predicted molar refractivity (Wildman–Crippen MR) is 155 cm³/mol. The SMILES string of the molecule is CC1=C(O)C(=O)C=C2C1=CC=C1[C@@]2(C)CC[C@@]2(C)[C@@H]3C[C@](C)(CN4CCN(C)CC4)CC[C@]3(C)CC[C@]12C. The smallest absolute Gasteiger partial charge is 0.220 e. The quantitative estimate of drug-likeness (QED) is 0.434. The maximum Gasteiger partial charge on any atom is 0.220 e. The third-order valence-electron chi connectivity index (χ3n) is 13.2. The van der Waals surface area contributed by atoms with Gasteiger partial charge in [0.15, 0.2) is 5.76 Å². The van der Waals surface area contributed by atoms with Gasteiger partial charge in [-0.25, -0.2) is 0 Å². The zero-order valence-electron chi connectivity index (χ0n) is 25.0. The molecule has 6 rings (SSSR count). The van der Waals surface area contributed by atoms with Crippen LogP contribution in [0.5, 0.6) is 0 Å². The average molecular weight is 519 g/mol. The summed E-state index contributed by atoms with van der Waals surface area (Å²) in [6, 6.07) is 0. The number of carbonyl (C=O) groups excluding carboxylic acids is 1. The summed E-state index contributed by atoms with van der Waals surface area (Å²) in [5, 5.41) is 10.4. The molecule has 0 radical (unpaired) electrons. The Balaban J connectivity index is 1.36. The fraction of sp³-hybridized carbons (Fsp3) is 0.735. The van der Waals surface area contributed by atoms with Crippen LogP contribution < -0.4 is 0 Å². The third kappa shape index (κ3) is 3.58. The number of piperazine rings is 1. The minimum absolute atomic E-state index is 0.0809. The molecule has 1 heterocycles. The summed E-state index contributed by atoms with van der Waals surface area (Å²) in [6.45, 7) is 20.8. The van der Waals surface area contributed by atoms with Gasteiger partial charge in [-0.1, -0.05) is 52.3 Å². The van der Waals surface area contributed by atoms with Crippen LogP contribution in [-0.4, -0.2) is 60.5 Å². The second-order valence-electron chi connectivity index (χ2n) is 15.4. The van der Waals surface area contributed by atoms with Crippen molar-refractivity contribution in [3.05, 3.63) is 46.3 Å². The van der Waals surface area contributed by atoms with Gasteiger partial charge in [-0.3, -0.25) is 4.79 Å². The van der Waals surface area contributed by atoms with Crippen LogP contribution >= 0.6 is 0 Å².